The topological polar surface area (TPSA) is 215 Å². The van der Waals surface area contributed by atoms with Crippen LogP contribution >= 0.6 is 21.6 Å². The van der Waals surface area contributed by atoms with Gasteiger partial charge in [-0.1, -0.05) is 76.9 Å². The van der Waals surface area contributed by atoms with Gasteiger partial charge in [0.05, 0.1) is 36.4 Å². The molecule has 76 heavy (non-hydrogen) atoms. The summed E-state index contributed by atoms with van der Waals surface area (Å²) in [6.45, 7) is -0.223. The molecular formula is C61H70N2O11S2. The number of hydrogen-bond acceptors (Lipinski definition) is 15. The van der Waals surface area contributed by atoms with E-state index in [2.05, 4.69) is 16.7 Å². The van der Waals surface area contributed by atoms with Crippen LogP contribution in [0.4, 0.5) is 0 Å². The molecule has 4 heterocycles. The first-order chi connectivity index (χ1) is 36.6. The first-order valence-corrected chi connectivity index (χ1v) is 30.9. The lowest BCUT2D eigenvalue weighted by atomic mass is 9.42. The number of rotatable bonds is 5. The van der Waals surface area contributed by atoms with Crippen molar-refractivity contribution in [3.8, 4) is 5.75 Å². The summed E-state index contributed by atoms with van der Waals surface area (Å²) in [6, 6.07) is 12.3. The first kappa shape index (κ1) is 49.1. The average molecular weight is 1070 g/mol. The van der Waals surface area contributed by atoms with Crippen LogP contribution in [0.25, 0.3) is 0 Å². The predicted molar refractivity (Wildman–Crippen MR) is 284 cm³/mol. The fourth-order valence-corrected chi connectivity index (χ4v) is 23.1. The number of benzene rings is 2. The molecule has 13 nitrogen and oxygen atoms in total. The van der Waals surface area contributed by atoms with E-state index in [9.17, 15) is 35.4 Å². The Kier molecular flexibility index (Phi) is 10.7. The summed E-state index contributed by atoms with van der Waals surface area (Å²) in [4.78, 5) is 45.0. The number of hydrogen-bond donors (Lipinski definition) is 8. The lowest BCUT2D eigenvalue weighted by Crippen LogP contribution is -2.88. The van der Waals surface area contributed by atoms with Gasteiger partial charge in [-0.25, -0.2) is 0 Å². The number of ketones is 2. The Morgan fingerprint density at radius 2 is 1.68 bits per heavy atom. The monoisotopic (exact) mass is 1070 g/mol. The minimum absolute atomic E-state index is 0.0277. The minimum Gasteiger partial charge on any atom is -0.511 e. The molecule has 0 aromatic heterocycles. The third-order valence-corrected chi connectivity index (χ3v) is 25.6. The van der Waals surface area contributed by atoms with Crippen molar-refractivity contribution < 1.29 is 54.5 Å². The average Bonchev–Trinajstić information content (AvgIpc) is 3.31. The van der Waals surface area contributed by atoms with Crippen LogP contribution in [0.15, 0.2) is 89.0 Å². The van der Waals surface area contributed by atoms with E-state index in [1.165, 1.54) is 72.0 Å². The van der Waals surface area contributed by atoms with Crippen molar-refractivity contribution in [1.82, 2.24) is 10.6 Å². The summed E-state index contributed by atoms with van der Waals surface area (Å²) in [5.74, 6) is -4.62. The molecule has 16 atom stereocenters. The van der Waals surface area contributed by atoms with Crippen molar-refractivity contribution in [2.75, 3.05) is 24.8 Å². The normalized spacial score (nSPS) is 45.8. The van der Waals surface area contributed by atoms with Crippen LogP contribution in [0.5, 0.6) is 5.75 Å². The van der Waals surface area contributed by atoms with Crippen molar-refractivity contribution in [1.29, 1.82) is 0 Å². The van der Waals surface area contributed by atoms with E-state index < -0.39 is 70.2 Å². The van der Waals surface area contributed by atoms with Gasteiger partial charge in [-0.3, -0.25) is 9.59 Å². The molecule has 6 spiro atoms. The molecule has 2 aromatic rings. The van der Waals surface area contributed by atoms with E-state index in [1.54, 1.807) is 30.4 Å². The zero-order chi connectivity index (χ0) is 52.0. The van der Waals surface area contributed by atoms with Crippen LogP contribution in [-0.2, 0) is 22.6 Å². The second-order valence-electron chi connectivity index (χ2n) is 26.6. The van der Waals surface area contributed by atoms with Crippen LogP contribution in [0, 0.1) is 68.5 Å². The smallest absolute Gasteiger partial charge is 0.240 e. The second kappa shape index (κ2) is 16.6. The molecule has 2 saturated heterocycles. The maximum atomic E-state index is 15.9. The Balaban J connectivity index is 0.886. The largest absolute Gasteiger partial charge is 0.511 e. The SMILES string of the molecule is O=C[C@@H]1C[C@]2(CCC3(CCCC3)C2)C[C@@]12C[C@H]1C[C@@H]3C[C@@H]4[C@@H]5[C@@]1(C2)C1=C3CNC(=C1)NCSSC[C@]12C(=O)c3c(cccc3C(=O)[C@H]1C=C(Cc1cccc(CO)c1)C=C2O)O[C@]12CC[C@@H]4[C@](CO)(O1)[C@@H](O)[C@]5(O)[C@H]2O. The molecule has 10 aliphatic carbocycles. The number of carbonyl (C=O) groups excluding carboxylic acids is 3. The van der Waals surface area contributed by atoms with E-state index in [1.807, 2.05) is 24.3 Å². The maximum Gasteiger partial charge on any atom is 0.240 e. The fourth-order valence-electron chi connectivity index (χ4n) is 20.9. The quantitative estimate of drug-likeness (QED) is 0.107. The van der Waals surface area contributed by atoms with Crippen molar-refractivity contribution >= 4 is 39.4 Å². The summed E-state index contributed by atoms with van der Waals surface area (Å²) in [5, 5.41) is 82.9. The molecule has 8 fully saturated rings. The van der Waals surface area contributed by atoms with Crippen LogP contribution in [-0.4, -0.2) is 102 Å². The molecule has 14 aliphatic rings. The van der Waals surface area contributed by atoms with Gasteiger partial charge in [-0.15, -0.1) is 0 Å². The standard InChI is InChI=1S/C61H70N2O11S2/c64-25-34-6-3-5-33(15-34)16-35-17-44-49(68)39-7-4-8-45-48(39)51(69)58(44,46(67)18-35)31-75-76-32-63-47-21-43-41(24-62-47)36-19-37-23-56(28-55(22-38(56)26-65)14-13-54(27-55)10-1-2-11-54)29-57(37,43)50-40(20-36)42-9-12-60(73-45)53(71)61(50,72)52(70)59(42,30-66)74-60/h3-8,15,17-18,21,26,36-38,40,42,44,50,52-53,62-64,66-67,70-72H,1-2,9-14,16,19-20,22-25,27-32H2/t36-,37-,38+,40+,42+,44-,50-,52-,53+,55+,56-,57-,58+,59+,60-,61+/m1/s1. The summed E-state index contributed by atoms with van der Waals surface area (Å²) in [7, 11) is 2.88. The van der Waals surface area contributed by atoms with E-state index >= 15 is 9.59 Å². The van der Waals surface area contributed by atoms with Gasteiger partial charge in [-0.05, 0) is 169 Å². The molecular weight excluding hydrogens is 1000 g/mol. The zero-order valence-corrected chi connectivity index (χ0v) is 44.6. The molecule has 16 rings (SSSR count). The molecule has 4 aliphatic heterocycles. The Bertz CT molecular complexity index is 3020. The highest BCUT2D eigenvalue weighted by atomic mass is 33.1. The van der Waals surface area contributed by atoms with Crippen molar-refractivity contribution in [3.05, 3.63) is 111 Å². The van der Waals surface area contributed by atoms with E-state index in [0.717, 1.165) is 54.6 Å². The third kappa shape index (κ3) is 6.21. The fraction of sp³-hybridized carbons (Fsp3) is 0.623. The summed E-state index contributed by atoms with van der Waals surface area (Å²) in [6.07, 6.45) is 17.6. The van der Waals surface area contributed by atoms with Crippen molar-refractivity contribution in [2.45, 2.75) is 139 Å². The lowest BCUT2D eigenvalue weighted by Gasteiger charge is -2.72. The van der Waals surface area contributed by atoms with Gasteiger partial charge in [0.15, 0.2) is 17.7 Å². The molecule has 402 valence electrons. The third-order valence-electron chi connectivity index (χ3n) is 23.4. The predicted octanol–water partition coefficient (Wildman–Crippen LogP) is 7.56. The van der Waals surface area contributed by atoms with Crippen molar-refractivity contribution in [3.63, 3.8) is 0 Å². The number of nitrogens with one attached hydrogen (secondary N) is 2. The molecule has 15 heteroatoms. The Morgan fingerprint density at radius 3 is 2.50 bits per heavy atom. The molecule has 0 radical (unpaired) electrons. The maximum absolute atomic E-state index is 15.9. The van der Waals surface area contributed by atoms with Gasteiger partial charge in [0.2, 0.25) is 5.79 Å². The minimum atomic E-state index is -2.31. The van der Waals surface area contributed by atoms with Gasteiger partial charge in [0.1, 0.15) is 40.5 Å². The van der Waals surface area contributed by atoms with E-state index in [0.29, 0.717) is 49.1 Å². The summed E-state index contributed by atoms with van der Waals surface area (Å²) in [5.41, 5.74) is -1.77. The van der Waals surface area contributed by atoms with Gasteiger partial charge in [0.25, 0.3) is 0 Å². The van der Waals surface area contributed by atoms with Crippen molar-refractivity contribution in [2.24, 2.45) is 68.5 Å². The van der Waals surface area contributed by atoms with Gasteiger partial charge in [-0.2, -0.15) is 0 Å². The summed E-state index contributed by atoms with van der Waals surface area (Å²) >= 11 is 0. The molecule has 0 unspecified atom stereocenters. The number of aliphatic hydroxyl groups is 6. The van der Waals surface area contributed by atoms with Gasteiger partial charge in [0, 0.05) is 41.5 Å². The molecule has 6 saturated carbocycles. The zero-order valence-electron chi connectivity index (χ0n) is 42.9. The molecule has 2 aromatic carbocycles. The van der Waals surface area contributed by atoms with E-state index in [4.69, 9.17) is 9.47 Å². The van der Waals surface area contributed by atoms with Gasteiger partial charge >= 0.3 is 0 Å². The number of ether oxygens (including phenoxy) is 2. The molecule has 10 bridgehead atoms. The Labute approximate surface area is 451 Å². The number of Topliss-reactive ketones (excluding diaryl/α,β-unsaturated/α-hetero) is 2. The Morgan fingerprint density at radius 1 is 0.868 bits per heavy atom. The molecule has 8 N–H and O–H groups in total. The number of dihydropyridines is 1. The highest BCUT2D eigenvalue weighted by molar-refractivity contribution is 8.76. The number of aliphatic hydroxyl groups excluding tert-OH is 5. The number of allylic oxidation sites excluding steroid dienone is 6. The first-order valence-electron chi connectivity index (χ1n) is 28.4. The van der Waals surface area contributed by atoms with Crippen LogP contribution in [0.1, 0.15) is 128 Å². The molecule has 0 amide bonds. The lowest BCUT2D eigenvalue weighted by molar-refractivity contribution is -0.461. The number of carbonyl (C=O) groups is 3. The van der Waals surface area contributed by atoms with Crippen LogP contribution in [0.3, 0.4) is 0 Å². The van der Waals surface area contributed by atoms with E-state index in [-0.39, 0.29) is 81.7 Å². The second-order valence-corrected chi connectivity index (χ2v) is 29.0. The highest BCUT2D eigenvalue weighted by Gasteiger charge is 2.84. The number of aldehydes is 1. The van der Waals surface area contributed by atoms with Crippen LogP contribution in [0.2, 0.25) is 0 Å². The highest BCUT2D eigenvalue weighted by Crippen LogP contribution is 2.81. The van der Waals surface area contributed by atoms with Crippen LogP contribution < -0.4 is 15.4 Å². The summed E-state index contributed by atoms with van der Waals surface area (Å²) < 4.78 is 14.2. The van der Waals surface area contributed by atoms with Gasteiger partial charge < -0.3 is 55.5 Å². The Hall–Kier alpha value is -3.93.